The van der Waals surface area contributed by atoms with Crippen LogP contribution in [-0.4, -0.2) is 23.6 Å². The SMILES string of the molecule is CCOC(=O)c1ccc(NC(=O)c2ccc3c(c2)C(O)=CCC3(C)C)cc1. The summed E-state index contributed by atoms with van der Waals surface area (Å²) in [4.78, 5) is 24.3. The summed E-state index contributed by atoms with van der Waals surface area (Å²) in [6, 6.07) is 11.9. The molecule has 140 valence electrons. The van der Waals surface area contributed by atoms with Crippen LogP contribution in [0, 0.1) is 0 Å². The lowest BCUT2D eigenvalue weighted by Gasteiger charge is -2.30. The number of amides is 1. The van der Waals surface area contributed by atoms with E-state index in [1.165, 1.54) is 0 Å². The summed E-state index contributed by atoms with van der Waals surface area (Å²) in [6.45, 7) is 6.28. The Morgan fingerprint density at radius 2 is 1.78 bits per heavy atom. The quantitative estimate of drug-likeness (QED) is 0.770. The van der Waals surface area contributed by atoms with E-state index in [0.717, 1.165) is 12.0 Å². The molecule has 3 rings (SSSR count). The standard InChI is InChI=1S/C22H23NO4/c1-4-27-21(26)14-5-8-16(9-6-14)23-20(25)15-7-10-18-17(13-15)19(24)11-12-22(18,2)3/h5-11,13,24H,4,12H2,1-3H3,(H,23,25). The molecule has 5 heteroatoms. The van der Waals surface area contributed by atoms with Crippen LogP contribution in [0.1, 0.15) is 59.0 Å². The van der Waals surface area contributed by atoms with E-state index in [1.807, 2.05) is 6.07 Å². The number of nitrogens with one attached hydrogen (secondary N) is 1. The predicted molar refractivity (Wildman–Crippen MR) is 105 cm³/mol. The molecule has 2 aromatic carbocycles. The molecule has 0 radical (unpaired) electrons. The van der Waals surface area contributed by atoms with Gasteiger partial charge < -0.3 is 15.2 Å². The highest BCUT2D eigenvalue weighted by Crippen LogP contribution is 2.38. The first kappa shape index (κ1) is 18.7. The van der Waals surface area contributed by atoms with Crippen LogP contribution in [0.5, 0.6) is 0 Å². The van der Waals surface area contributed by atoms with Crippen molar-refractivity contribution in [1.29, 1.82) is 0 Å². The van der Waals surface area contributed by atoms with Gasteiger partial charge in [-0.05, 0) is 66.8 Å². The van der Waals surface area contributed by atoms with Crippen molar-refractivity contribution < 1.29 is 19.4 Å². The molecule has 0 saturated carbocycles. The van der Waals surface area contributed by atoms with Crippen LogP contribution in [0.15, 0.2) is 48.5 Å². The summed E-state index contributed by atoms with van der Waals surface area (Å²) in [7, 11) is 0. The molecule has 0 saturated heterocycles. The topological polar surface area (TPSA) is 75.6 Å². The molecule has 2 aromatic rings. The molecule has 27 heavy (non-hydrogen) atoms. The Kier molecular flexibility index (Phi) is 5.04. The van der Waals surface area contributed by atoms with Gasteiger partial charge >= 0.3 is 5.97 Å². The normalized spacial score (nSPS) is 14.7. The molecule has 5 nitrogen and oxygen atoms in total. The lowest BCUT2D eigenvalue weighted by molar-refractivity contribution is 0.0526. The fourth-order valence-electron chi connectivity index (χ4n) is 3.17. The zero-order chi connectivity index (χ0) is 19.6. The van der Waals surface area contributed by atoms with E-state index in [4.69, 9.17) is 4.74 Å². The van der Waals surface area contributed by atoms with Crippen molar-refractivity contribution in [2.75, 3.05) is 11.9 Å². The first-order valence-electron chi connectivity index (χ1n) is 8.94. The summed E-state index contributed by atoms with van der Waals surface area (Å²) in [5.41, 5.74) is 3.10. The number of carbonyl (C=O) groups is 2. The van der Waals surface area contributed by atoms with Crippen LogP contribution in [0.25, 0.3) is 5.76 Å². The molecule has 0 atom stereocenters. The van der Waals surface area contributed by atoms with E-state index in [1.54, 1.807) is 49.4 Å². The van der Waals surface area contributed by atoms with Crippen molar-refractivity contribution >= 4 is 23.3 Å². The third kappa shape index (κ3) is 3.87. The second-order valence-electron chi connectivity index (χ2n) is 7.19. The lowest BCUT2D eigenvalue weighted by Crippen LogP contribution is -2.22. The van der Waals surface area contributed by atoms with E-state index in [9.17, 15) is 14.7 Å². The monoisotopic (exact) mass is 365 g/mol. The molecule has 0 aromatic heterocycles. The largest absolute Gasteiger partial charge is 0.508 e. The molecule has 1 amide bonds. The smallest absolute Gasteiger partial charge is 0.338 e. The number of benzene rings is 2. The van der Waals surface area contributed by atoms with Gasteiger partial charge in [0.05, 0.1) is 12.2 Å². The fourth-order valence-corrected chi connectivity index (χ4v) is 3.17. The summed E-state index contributed by atoms with van der Waals surface area (Å²) in [5.74, 6) is -0.467. The predicted octanol–water partition coefficient (Wildman–Crippen LogP) is 4.70. The summed E-state index contributed by atoms with van der Waals surface area (Å²) < 4.78 is 4.94. The maximum Gasteiger partial charge on any atom is 0.338 e. The number of carbonyl (C=O) groups excluding carboxylic acids is 2. The van der Waals surface area contributed by atoms with Crippen LogP contribution in [0.4, 0.5) is 5.69 Å². The van der Waals surface area contributed by atoms with Gasteiger partial charge in [-0.15, -0.1) is 0 Å². The Labute approximate surface area is 158 Å². The summed E-state index contributed by atoms with van der Waals surface area (Å²) >= 11 is 0. The average molecular weight is 365 g/mol. The molecule has 0 spiro atoms. The van der Waals surface area contributed by atoms with Gasteiger partial charge in [-0.2, -0.15) is 0 Å². The first-order chi connectivity index (χ1) is 12.8. The van der Waals surface area contributed by atoms with Gasteiger partial charge in [0.2, 0.25) is 0 Å². The van der Waals surface area contributed by atoms with Crippen molar-refractivity contribution in [2.45, 2.75) is 32.6 Å². The van der Waals surface area contributed by atoms with Gasteiger partial charge in [-0.3, -0.25) is 4.79 Å². The highest BCUT2D eigenvalue weighted by Gasteiger charge is 2.28. The molecule has 0 bridgehead atoms. The fraction of sp³-hybridized carbons (Fsp3) is 0.273. The van der Waals surface area contributed by atoms with Crippen molar-refractivity contribution in [2.24, 2.45) is 0 Å². The van der Waals surface area contributed by atoms with Crippen LogP contribution >= 0.6 is 0 Å². The van der Waals surface area contributed by atoms with Crippen molar-refractivity contribution in [3.05, 3.63) is 70.8 Å². The number of ether oxygens (including phenoxy) is 1. The van der Waals surface area contributed by atoms with E-state index >= 15 is 0 Å². The Bertz CT molecular complexity index is 910. The van der Waals surface area contributed by atoms with Crippen molar-refractivity contribution in [3.8, 4) is 0 Å². The van der Waals surface area contributed by atoms with E-state index in [0.29, 0.717) is 29.0 Å². The molecule has 0 heterocycles. The Hall–Kier alpha value is -3.08. The van der Waals surface area contributed by atoms with Gasteiger partial charge in [0, 0.05) is 16.8 Å². The van der Waals surface area contributed by atoms with E-state index < -0.39 is 5.97 Å². The van der Waals surface area contributed by atoms with Crippen molar-refractivity contribution in [3.63, 3.8) is 0 Å². The Balaban J connectivity index is 1.79. The molecular weight excluding hydrogens is 342 g/mol. The molecule has 0 unspecified atom stereocenters. The highest BCUT2D eigenvalue weighted by molar-refractivity contribution is 6.05. The molecule has 0 fully saturated rings. The van der Waals surface area contributed by atoms with Crippen LogP contribution in [0.3, 0.4) is 0 Å². The van der Waals surface area contributed by atoms with Gasteiger partial charge in [0.25, 0.3) is 5.91 Å². The minimum atomic E-state index is -0.394. The second kappa shape index (κ2) is 7.27. The van der Waals surface area contributed by atoms with Gasteiger partial charge in [-0.25, -0.2) is 4.79 Å². The van der Waals surface area contributed by atoms with E-state index in [-0.39, 0.29) is 17.1 Å². The molecule has 2 N–H and O–H groups in total. The number of hydrogen-bond donors (Lipinski definition) is 2. The summed E-state index contributed by atoms with van der Waals surface area (Å²) in [5, 5.41) is 13.0. The zero-order valence-electron chi connectivity index (χ0n) is 15.7. The second-order valence-corrected chi connectivity index (χ2v) is 7.19. The molecule has 1 aliphatic rings. The van der Waals surface area contributed by atoms with Crippen molar-refractivity contribution in [1.82, 2.24) is 0 Å². The van der Waals surface area contributed by atoms with E-state index in [2.05, 4.69) is 19.2 Å². The zero-order valence-corrected chi connectivity index (χ0v) is 15.7. The minimum Gasteiger partial charge on any atom is -0.508 e. The lowest BCUT2D eigenvalue weighted by atomic mass is 9.75. The maximum absolute atomic E-state index is 12.6. The number of aliphatic hydroxyl groups is 1. The Morgan fingerprint density at radius 3 is 2.44 bits per heavy atom. The third-order valence-corrected chi connectivity index (χ3v) is 4.75. The average Bonchev–Trinajstić information content (AvgIpc) is 2.65. The Morgan fingerprint density at radius 1 is 1.11 bits per heavy atom. The summed E-state index contributed by atoms with van der Waals surface area (Å²) in [6.07, 6.45) is 2.54. The number of fused-ring (bicyclic) bond motifs is 1. The molecule has 1 aliphatic carbocycles. The van der Waals surface area contributed by atoms with Crippen LogP contribution < -0.4 is 5.32 Å². The first-order valence-corrected chi connectivity index (χ1v) is 8.94. The third-order valence-electron chi connectivity index (χ3n) is 4.75. The highest BCUT2D eigenvalue weighted by atomic mass is 16.5. The molecule has 0 aliphatic heterocycles. The van der Waals surface area contributed by atoms with Gasteiger partial charge in [-0.1, -0.05) is 19.9 Å². The minimum absolute atomic E-state index is 0.0838. The van der Waals surface area contributed by atoms with Crippen LogP contribution in [-0.2, 0) is 10.2 Å². The van der Waals surface area contributed by atoms with Crippen LogP contribution in [0.2, 0.25) is 0 Å². The molecular formula is C22H23NO4. The number of esters is 1. The number of rotatable bonds is 4. The maximum atomic E-state index is 12.6. The number of hydrogen-bond acceptors (Lipinski definition) is 4. The van der Waals surface area contributed by atoms with Gasteiger partial charge in [0.1, 0.15) is 5.76 Å². The number of anilines is 1. The number of allylic oxidation sites excluding steroid dienone is 1. The number of aliphatic hydroxyl groups excluding tert-OH is 1. The van der Waals surface area contributed by atoms with Gasteiger partial charge in [0.15, 0.2) is 0 Å².